The first-order chi connectivity index (χ1) is 11.6. The molecule has 0 atom stereocenters. The fraction of sp³-hybridized carbons (Fsp3) is 0.118. The van der Waals surface area contributed by atoms with Gasteiger partial charge in [0.15, 0.2) is 0 Å². The Hall–Kier alpha value is -2.25. The number of carbonyl (C=O) groups is 1. The summed E-state index contributed by atoms with van der Waals surface area (Å²) in [5, 5.41) is 7.71. The first kappa shape index (κ1) is 15.3. The van der Waals surface area contributed by atoms with Gasteiger partial charge in [0.2, 0.25) is 0 Å². The fourth-order valence-corrected chi connectivity index (χ4v) is 4.84. The molecular formula is C17H12F2N2OS2. The molecule has 0 spiro atoms. The largest absolute Gasteiger partial charge is 0.384 e. The van der Waals surface area contributed by atoms with Crippen LogP contribution < -0.4 is 10.6 Å². The Morgan fingerprint density at radius 1 is 1.17 bits per heavy atom. The number of halogens is 2. The molecule has 2 N–H and O–H groups in total. The average molecular weight is 362 g/mol. The molecule has 1 aliphatic rings. The highest BCUT2D eigenvalue weighted by atomic mass is 32.1. The minimum atomic E-state index is -0.786. The van der Waals surface area contributed by atoms with Crippen molar-refractivity contribution < 1.29 is 13.6 Å². The second kappa shape index (κ2) is 5.99. The summed E-state index contributed by atoms with van der Waals surface area (Å²) >= 11 is 2.96. The molecule has 0 fully saturated rings. The molecule has 1 amide bonds. The molecular weight excluding hydrogens is 350 g/mol. The van der Waals surface area contributed by atoms with Crippen molar-refractivity contribution in [3.63, 3.8) is 0 Å². The van der Waals surface area contributed by atoms with Gasteiger partial charge >= 0.3 is 0 Å². The van der Waals surface area contributed by atoms with E-state index in [1.165, 1.54) is 17.4 Å². The van der Waals surface area contributed by atoms with Gasteiger partial charge in [-0.3, -0.25) is 4.79 Å². The smallest absolute Gasteiger partial charge is 0.265 e. The Kier molecular flexibility index (Phi) is 3.82. The standard InChI is InChI=1S/C17H12F2N2OS2/c18-10-2-1-3-11(19)14(10)21-17(22)13-8-9-4-6-20-12-5-7-23-16(12)15(9)24-13/h1-3,5,7-8,20H,4,6H2,(H,21,22). The van der Waals surface area contributed by atoms with Crippen molar-refractivity contribution in [2.45, 2.75) is 6.42 Å². The molecule has 0 radical (unpaired) electrons. The average Bonchev–Trinajstić information content (AvgIpc) is 3.15. The molecule has 3 aromatic rings. The number of carbonyl (C=O) groups excluding carboxylic acids is 1. The molecule has 7 heteroatoms. The van der Waals surface area contributed by atoms with Crippen LogP contribution in [0.15, 0.2) is 35.7 Å². The summed E-state index contributed by atoms with van der Waals surface area (Å²) in [5.41, 5.74) is 1.73. The number of thiophene rings is 2. The summed E-state index contributed by atoms with van der Waals surface area (Å²) in [5.74, 6) is -2.07. The number of hydrogen-bond donors (Lipinski definition) is 2. The van der Waals surface area contributed by atoms with E-state index in [2.05, 4.69) is 10.6 Å². The van der Waals surface area contributed by atoms with Gasteiger partial charge < -0.3 is 10.6 Å². The normalized spacial score (nSPS) is 12.8. The van der Waals surface area contributed by atoms with E-state index in [1.54, 1.807) is 11.3 Å². The lowest BCUT2D eigenvalue weighted by Gasteiger charge is -2.06. The van der Waals surface area contributed by atoms with E-state index in [4.69, 9.17) is 0 Å². The number of anilines is 2. The molecule has 4 rings (SSSR count). The van der Waals surface area contributed by atoms with Crippen LogP contribution in [0.25, 0.3) is 9.75 Å². The summed E-state index contributed by atoms with van der Waals surface area (Å²) < 4.78 is 27.4. The van der Waals surface area contributed by atoms with Crippen LogP contribution in [0.2, 0.25) is 0 Å². The minimum absolute atomic E-state index is 0.412. The predicted octanol–water partition coefficient (Wildman–Crippen LogP) is 4.98. The molecule has 0 unspecified atom stereocenters. The van der Waals surface area contributed by atoms with Gasteiger partial charge in [-0.25, -0.2) is 8.78 Å². The zero-order valence-corrected chi connectivity index (χ0v) is 14.0. The second-order valence-electron chi connectivity index (χ2n) is 5.36. The maximum absolute atomic E-state index is 13.7. The molecule has 1 aliphatic heterocycles. The van der Waals surface area contributed by atoms with E-state index in [-0.39, 0.29) is 0 Å². The third-order valence-corrected chi connectivity index (χ3v) is 6.07. The number of amides is 1. The van der Waals surface area contributed by atoms with Crippen molar-refractivity contribution in [2.75, 3.05) is 17.2 Å². The van der Waals surface area contributed by atoms with Crippen LogP contribution in [0.5, 0.6) is 0 Å². The molecule has 0 aliphatic carbocycles. The predicted molar refractivity (Wildman–Crippen MR) is 94.1 cm³/mol. The van der Waals surface area contributed by atoms with Crippen LogP contribution in [0.4, 0.5) is 20.2 Å². The highest BCUT2D eigenvalue weighted by molar-refractivity contribution is 7.23. The van der Waals surface area contributed by atoms with Gasteiger partial charge in [-0.15, -0.1) is 22.7 Å². The van der Waals surface area contributed by atoms with Gasteiger partial charge in [-0.1, -0.05) is 6.07 Å². The lowest BCUT2D eigenvalue weighted by molar-refractivity contribution is 0.102. The summed E-state index contributed by atoms with van der Waals surface area (Å²) in [4.78, 5) is 15.0. The Morgan fingerprint density at radius 2 is 1.96 bits per heavy atom. The molecule has 24 heavy (non-hydrogen) atoms. The van der Waals surface area contributed by atoms with Crippen molar-refractivity contribution in [3.8, 4) is 9.75 Å². The molecule has 2 aromatic heterocycles. The molecule has 3 nitrogen and oxygen atoms in total. The van der Waals surface area contributed by atoms with E-state index in [1.807, 2.05) is 17.5 Å². The van der Waals surface area contributed by atoms with Crippen molar-refractivity contribution in [2.24, 2.45) is 0 Å². The Morgan fingerprint density at radius 3 is 2.75 bits per heavy atom. The number of benzene rings is 1. The topological polar surface area (TPSA) is 41.1 Å². The van der Waals surface area contributed by atoms with Crippen LogP contribution in [-0.4, -0.2) is 12.5 Å². The van der Waals surface area contributed by atoms with Gasteiger partial charge in [0.25, 0.3) is 5.91 Å². The third-order valence-electron chi connectivity index (χ3n) is 3.82. The maximum atomic E-state index is 13.7. The first-order valence-electron chi connectivity index (χ1n) is 7.33. The summed E-state index contributed by atoms with van der Waals surface area (Å²) in [6.45, 7) is 0.788. The molecule has 122 valence electrons. The van der Waals surface area contributed by atoms with Gasteiger partial charge in [-0.2, -0.15) is 0 Å². The summed E-state index contributed by atoms with van der Waals surface area (Å²) in [6.07, 6.45) is 0.800. The van der Waals surface area contributed by atoms with E-state index >= 15 is 0 Å². The van der Waals surface area contributed by atoms with Gasteiger partial charge in [0.1, 0.15) is 17.3 Å². The highest BCUT2D eigenvalue weighted by Gasteiger charge is 2.22. The maximum Gasteiger partial charge on any atom is 0.265 e. The summed E-state index contributed by atoms with van der Waals surface area (Å²) in [6, 6.07) is 7.32. The van der Waals surface area contributed by atoms with Gasteiger partial charge in [0.05, 0.1) is 20.3 Å². The third kappa shape index (κ3) is 2.59. The van der Waals surface area contributed by atoms with Crippen molar-refractivity contribution >= 4 is 40.0 Å². The fourth-order valence-electron chi connectivity index (χ4n) is 2.67. The van der Waals surface area contributed by atoms with Crippen molar-refractivity contribution in [1.82, 2.24) is 0 Å². The van der Waals surface area contributed by atoms with Crippen LogP contribution in [0.1, 0.15) is 15.2 Å². The van der Waals surface area contributed by atoms with Crippen molar-refractivity contribution in [3.05, 3.63) is 57.8 Å². The minimum Gasteiger partial charge on any atom is -0.384 e. The lowest BCUT2D eigenvalue weighted by atomic mass is 10.1. The zero-order valence-electron chi connectivity index (χ0n) is 12.4. The molecule has 0 saturated carbocycles. The van der Waals surface area contributed by atoms with E-state index in [0.717, 1.165) is 46.1 Å². The van der Waals surface area contributed by atoms with E-state index in [9.17, 15) is 13.6 Å². The van der Waals surface area contributed by atoms with Gasteiger partial charge in [-0.05, 0) is 41.6 Å². The number of rotatable bonds is 2. The molecule has 3 heterocycles. The molecule has 0 saturated heterocycles. The van der Waals surface area contributed by atoms with Crippen LogP contribution in [-0.2, 0) is 6.42 Å². The van der Waals surface area contributed by atoms with Crippen LogP contribution in [0, 0.1) is 11.6 Å². The monoisotopic (exact) mass is 362 g/mol. The Labute approximate surface area is 145 Å². The second-order valence-corrected chi connectivity index (χ2v) is 7.32. The lowest BCUT2D eigenvalue weighted by Crippen LogP contribution is -2.13. The quantitative estimate of drug-likeness (QED) is 0.675. The van der Waals surface area contributed by atoms with Crippen LogP contribution in [0.3, 0.4) is 0 Å². The van der Waals surface area contributed by atoms with Crippen molar-refractivity contribution in [1.29, 1.82) is 0 Å². The van der Waals surface area contributed by atoms with Gasteiger partial charge in [0, 0.05) is 6.54 Å². The Bertz CT molecular complexity index is 912. The number of para-hydroxylation sites is 1. The van der Waals surface area contributed by atoms with E-state index < -0.39 is 23.2 Å². The zero-order chi connectivity index (χ0) is 16.7. The number of hydrogen-bond acceptors (Lipinski definition) is 4. The first-order valence-corrected chi connectivity index (χ1v) is 9.03. The number of fused-ring (bicyclic) bond motifs is 3. The van der Waals surface area contributed by atoms with Crippen LogP contribution >= 0.6 is 22.7 Å². The summed E-state index contributed by atoms with van der Waals surface area (Å²) in [7, 11) is 0. The Balaban J connectivity index is 1.68. The SMILES string of the molecule is O=C(Nc1c(F)cccc1F)c1cc2c(s1)-c1sccc1NCC2. The number of nitrogens with one attached hydrogen (secondary N) is 2. The highest BCUT2D eigenvalue weighted by Crippen LogP contribution is 2.42. The van der Waals surface area contributed by atoms with E-state index in [0.29, 0.717) is 4.88 Å². The molecule has 1 aromatic carbocycles. The molecule has 0 bridgehead atoms.